The Bertz CT molecular complexity index is 333. The van der Waals surface area contributed by atoms with Crippen LogP contribution in [0.5, 0.6) is 0 Å². The lowest BCUT2D eigenvalue weighted by Crippen LogP contribution is -2.53. The third-order valence-corrected chi connectivity index (χ3v) is 1.78. The van der Waals surface area contributed by atoms with E-state index in [9.17, 15) is 4.79 Å². The predicted octanol–water partition coefficient (Wildman–Crippen LogP) is 0.428. The van der Waals surface area contributed by atoms with E-state index in [1.807, 2.05) is 33.0 Å². The lowest BCUT2D eigenvalue weighted by molar-refractivity contribution is -0.691. The molecule has 1 rings (SSSR count). The fourth-order valence-corrected chi connectivity index (χ4v) is 1.06. The molecular weight excluding hydrogens is 152 g/mol. The van der Waals surface area contributed by atoms with Crippen LogP contribution in [0, 0.1) is 0 Å². The van der Waals surface area contributed by atoms with Crippen molar-refractivity contribution in [2.45, 2.75) is 26.3 Å². The van der Waals surface area contributed by atoms with E-state index in [1.165, 1.54) is 0 Å². The normalized spacial score (nSPS) is 11.7. The Morgan fingerprint density at radius 1 is 1.42 bits per heavy atom. The molecule has 12 heavy (non-hydrogen) atoms. The van der Waals surface area contributed by atoms with E-state index in [2.05, 4.69) is 0 Å². The summed E-state index contributed by atoms with van der Waals surface area (Å²) in [5.74, 6) is 0. The molecule has 0 radical (unpaired) electrons. The maximum atomic E-state index is 11.5. The largest absolute Gasteiger partial charge is 0.498 e. The average Bonchev–Trinajstić information content (AvgIpc) is 1.92. The van der Waals surface area contributed by atoms with Crippen LogP contribution in [0.15, 0.2) is 23.3 Å². The molecule has 0 spiro atoms. The Hall–Kier alpha value is -1.12. The number of hydrogen-bond acceptors (Lipinski definition) is 1. The molecule has 0 saturated heterocycles. The second-order valence-corrected chi connectivity index (χ2v) is 3.92. The molecule has 0 atom stereocenters. The van der Waals surface area contributed by atoms with Gasteiger partial charge < -0.3 is 0 Å². The van der Waals surface area contributed by atoms with Gasteiger partial charge in [0, 0.05) is 6.07 Å². The first-order valence-corrected chi connectivity index (χ1v) is 4.01. The SMILES string of the molecule is C[n+]1cccn(C(C)(C)C)c1=O. The van der Waals surface area contributed by atoms with E-state index in [4.69, 9.17) is 0 Å². The molecule has 66 valence electrons. The van der Waals surface area contributed by atoms with Gasteiger partial charge >= 0.3 is 5.69 Å². The predicted molar refractivity (Wildman–Crippen MR) is 46.9 cm³/mol. The molecule has 3 heteroatoms. The molecule has 1 aromatic rings. The topological polar surface area (TPSA) is 25.9 Å². The Morgan fingerprint density at radius 3 is 2.42 bits per heavy atom. The fourth-order valence-electron chi connectivity index (χ4n) is 1.06. The number of hydrogen-bond donors (Lipinski definition) is 0. The first kappa shape index (κ1) is 8.97. The van der Waals surface area contributed by atoms with E-state index >= 15 is 0 Å². The first-order valence-electron chi connectivity index (χ1n) is 4.01. The van der Waals surface area contributed by atoms with Gasteiger partial charge in [0.1, 0.15) is 5.54 Å². The van der Waals surface area contributed by atoms with Crippen molar-refractivity contribution < 1.29 is 4.57 Å². The van der Waals surface area contributed by atoms with Crippen LogP contribution in [0.4, 0.5) is 0 Å². The summed E-state index contributed by atoms with van der Waals surface area (Å²) in [6.45, 7) is 6.02. The van der Waals surface area contributed by atoms with E-state index in [0.29, 0.717) is 0 Å². The van der Waals surface area contributed by atoms with Gasteiger partial charge in [0.05, 0.1) is 19.4 Å². The van der Waals surface area contributed by atoms with E-state index in [1.54, 1.807) is 22.4 Å². The van der Waals surface area contributed by atoms with Crippen molar-refractivity contribution in [3.63, 3.8) is 0 Å². The van der Waals surface area contributed by atoms with E-state index < -0.39 is 0 Å². The van der Waals surface area contributed by atoms with Crippen LogP contribution in [0.25, 0.3) is 0 Å². The Morgan fingerprint density at radius 2 is 2.00 bits per heavy atom. The van der Waals surface area contributed by atoms with Crippen molar-refractivity contribution in [3.05, 3.63) is 28.9 Å². The average molecular weight is 167 g/mol. The molecule has 0 unspecified atom stereocenters. The Balaban J connectivity index is 3.37. The second-order valence-electron chi connectivity index (χ2n) is 3.92. The van der Waals surface area contributed by atoms with Crippen LogP contribution in [0.3, 0.4) is 0 Å². The highest BCUT2D eigenvalue weighted by molar-refractivity contribution is 4.82. The minimum atomic E-state index is -0.143. The molecule has 0 N–H and O–H groups in total. The minimum Gasteiger partial charge on any atom is -0.201 e. The number of aromatic nitrogens is 2. The quantitative estimate of drug-likeness (QED) is 0.514. The van der Waals surface area contributed by atoms with E-state index in [-0.39, 0.29) is 11.2 Å². The van der Waals surface area contributed by atoms with Gasteiger partial charge in [-0.25, -0.2) is 4.57 Å². The van der Waals surface area contributed by atoms with Gasteiger partial charge in [-0.3, -0.25) is 0 Å². The Kier molecular flexibility index (Phi) is 2.04. The van der Waals surface area contributed by atoms with Crippen molar-refractivity contribution in [2.24, 2.45) is 7.05 Å². The van der Waals surface area contributed by atoms with Crippen molar-refractivity contribution in [1.29, 1.82) is 0 Å². The summed E-state index contributed by atoms with van der Waals surface area (Å²) in [7, 11) is 1.75. The van der Waals surface area contributed by atoms with E-state index in [0.717, 1.165) is 0 Å². The molecule has 0 aliphatic heterocycles. The van der Waals surface area contributed by atoms with Gasteiger partial charge in [0.25, 0.3) is 0 Å². The standard InChI is InChI=1S/C9H15N2O/c1-9(2,3)11-7-5-6-10(4)8(11)12/h5-7H,1-4H3/q+1. The van der Waals surface area contributed by atoms with Crippen molar-refractivity contribution >= 4 is 0 Å². The summed E-state index contributed by atoms with van der Waals surface area (Å²) in [5, 5.41) is 0. The molecular formula is C9H15N2O+. The zero-order chi connectivity index (χ0) is 9.35. The lowest BCUT2D eigenvalue weighted by Gasteiger charge is -2.14. The highest BCUT2D eigenvalue weighted by Crippen LogP contribution is 2.08. The molecule has 0 aromatic carbocycles. The van der Waals surface area contributed by atoms with Gasteiger partial charge in [-0.1, -0.05) is 0 Å². The first-order chi connectivity index (χ1) is 5.43. The lowest BCUT2D eigenvalue weighted by atomic mass is 10.1. The van der Waals surface area contributed by atoms with Gasteiger partial charge in [-0.15, -0.1) is 0 Å². The van der Waals surface area contributed by atoms with Crippen molar-refractivity contribution in [1.82, 2.24) is 4.57 Å². The summed E-state index contributed by atoms with van der Waals surface area (Å²) >= 11 is 0. The second kappa shape index (κ2) is 2.73. The summed E-state index contributed by atoms with van der Waals surface area (Å²) in [6.07, 6.45) is 3.56. The van der Waals surface area contributed by atoms with Crippen LogP contribution in [0.1, 0.15) is 20.8 Å². The molecule has 0 amide bonds. The van der Waals surface area contributed by atoms with Crippen LogP contribution < -0.4 is 10.3 Å². The summed E-state index contributed by atoms with van der Waals surface area (Å²) in [4.78, 5) is 11.5. The number of aryl methyl sites for hydroxylation is 1. The molecule has 0 bridgehead atoms. The van der Waals surface area contributed by atoms with Crippen molar-refractivity contribution in [3.8, 4) is 0 Å². The summed E-state index contributed by atoms with van der Waals surface area (Å²) in [5.41, 5.74) is -0.124. The molecule has 1 heterocycles. The fraction of sp³-hybridized carbons (Fsp3) is 0.556. The van der Waals surface area contributed by atoms with Crippen LogP contribution >= 0.6 is 0 Å². The Labute approximate surface area is 72.3 Å². The highest BCUT2D eigenvalue weighted by Gasteiger charge is 2.21. The third kappa shape index (κ3) is 1.55. The van der Waals surface area contributed by atoms with Gasteiger partial charge in [0.2, 0.25) is 0 Å². The molecule has 0 aliphatic rings. The van der Waals surface area contributed by atoms with Gasteiger partial charge in [0.15, 0.2) is 0 Å². The molecule has 0 saturated carbocycles. The smallest absolute Gasteiger partial charge is 0.201 e. The number of nitrogens with zero attached hydrogens (tertiary/aromatic N) is 2. The monoisotopic (exact) mass is 167 g/mol. The molecule has 3 nitrogen and oxygen atoms in total. The molecule has 1 aromatic heterocycles. The molecule has 0 fully saturated rings. The zero-order valence-electron chi connectivity index (χ0n) is 8.03. The van der Waals surface area contributed by atoms with Crippen molar-refractivity contribution in [2.75, 3.05) is 0 Å². The molecule has 0 aliphatic carbocycles. The number of rotatable bonds is 0. The summed E-state index contributed by atoms with van der Waals surface area (Å²) < 4.78 is 3.29. The maximum absolute atomic E-state index is 11.5. The van der Waals surface area contributed by atoms with Crippen LogP contribution in [-0.4, -0.2) is 4.57 Å². The van der Waals surface area contributed by atoms with Gasteiger partial charge in [-0.2, -0.15) is 9.36 Å². The zero-order valence-corrected chi connectivity index (χ0v) is 8.03. The highest BCUT2D eigenvalue weighted by atomic mass is 16.1. The maximum Gasteiger partial charge on any atom is 0.498 e. The summed E-state index contributed by atoms with van der Waals surface area (Å²) in [6, 6.07) is 1.87. The van der Waals surface area contributed by atoms with Crippen LogP contribution in [0.2, 0.25) is 0 Å². The van der Waals surface area contributed by atoms with Gasteiger partial charge in [-0.05, 0) is 20.8 Å². The van der Waals surface area contributed by atoms with Crippen LogP contribution in [-0.2, 0) is 12.6 Å². The minimum absolute atomic E-state index is 0.0185. The third-order valence-electron chi connectivity index (χ3n) is 1.78.